The number of carbonyl (C=O) groups excluding carboxylic acids is 3. The van der Waals surface area contributed by atoms with E-state index < -0.39 is 18.0 Å². The highest BCUT2D eigenvalue weighted by molar-refractivity contribution is 6.31. The molecular weight excluding hydrogens is 371 g/mol. The van der Waals surface area contributed by atoms with Gasteiger partial charge in [0.25, 0.3) is 0 Å². The van der Waals surface area contributed by atoms with Gasteiger partial charge < -0.3 is 20.6 Å². The summed E-state index contributed by atoms with van der Waals surface area (Å²) in [4.78, 5) is 42.5. The average Bonchev–Trinajstić information content (AvgIpc) is 3.05. The number of nitrogens with zero attached hydrogens (tertiary/aromatic N) is 2. The smallest absolute Gasteiger partial charge is 0.378 e. The van der Waals surface area contributed by atoms with Crippen LogP contribution in [-0.2, 0) is 14.3 Å². The van der Waals surface area contributed by atoms with Gasteiger partial charge in [0.1, 0.15) is 5.82 Å². The molecule has 0 fully saturated rings. The predicted octanol–water partition coefficient (Wildman–Crippen LogP) is 1.93. The van der Waals surface area contributed by atoms with Crippen LogP contribution in [0.1, 0.15) is 18.5 Å². The van der Waals surface area contributed by atoms with Crippen LogP contribution in [0, 0.1) is 5.82 Å². The molecule has 9 nitrogen and oxygen atoms in total. The molecule has 0 bridgehead atoms. The highest BCUT2D eigenvalue weighted by atomic mass is 19.1. The Morgan fingerprint density at radius 2 is 1.86 bits per heavy atom. The van der Waals surface area contributed by atoms with Crippen LogP contribution >= 0.6 is 0 Å². The van der Waals surface area contributed by atoms with Gasteiger partial charge in [-0.3, -0.25) is 0 Å². The van der Waals surface area contributed by atoms with Crippen molar-refractivity contribution in [3.05, 3.63) is 60.2 Å². The van der Waals surface area contributed by atoms with Gasteiger partial charge in [0.2, 0.25) is 0 Å². The maximum Gasteiger partial charge on any atom is 0.442 e. The number of halogens is 1. The molecule has 1 unspecified atom stereocenters. The minimum Gasteiger partial charge on any atom is -0.378 e. The number of ether oxygens (including phenoxy) is 1. The van der Waals surface area contributed by atoms with E-state index in [0.29, 0.717) is 11.1 Å². The van der Waals surface area contributed by atoms with E-state index in [0.717, 1.165) is 10.3 Å². The normalized spacial score (nSPS) is 11.6. The number of rotatable bonds is 4. The van der Waals surface area contributed by atoms with Crippen molar-refractivity contribution in [1.29, 1.82) is 0 Å². The zero-order chi connectivity index (χ0) is 20.3. The van der Waals surface area contributed by atoms with Crippen molar-refractivity contribution in [2.75, 3.05) is 5.32 Å². The first-order valence-corrected chi connectivity index (χ1v) is 8.07. The molecule has 1 amide bonds. The van der Waals surface area contributed by atoms with Crippen molar-refractivity contribution in [3.63, 3.8) is 0 Å². The number of nitrogens with one attached hydrogen (secondary N) is 1. The highest BCUT2D eigenvalue weighted by Gasteiger charge is 2.22. The minimum atomic E-state index is -1.55. The standard InChI is InChI=1S/C18H15FN4O5/c1-10(11-2-4-12(19)5-3-11)22-14-6-8-21-15-13(14)7-9-23(15)28-17(25)16(24)27-18(20)26/h2-10H,1H3,(H2,20,26)(H,21,22). The zero-order valence-corrected chi connectivity index (χ0v) is 14.6. The number of nitrogens with two attached hydrogens (primary N) is 1. The molecule has 1 atom stereocenters. The summed E-state index contributed by atoms with van der Waals surface area (Å²) >= 11 is 0. The Morgan fingerprint density at radius 1 is 1.14 bits per heavy atom. The third-order valence-corrected chi connectivity index (χ3v) is 3.84. The fourth-order valence-corrected chi connectivity index (χ4v) is 2.54. The molecule has 3 rings (SSSR count). The van der Waals surface area contributed by atoms with Gasteiger partial charge in [-0.25, -0.2) is 23.8 Å². The topological polar surface area (TPSA) is 126 Å². The molecule has 3 N–H and O–H groups in total. The molecule has 0 spiro atoms. The summed E-state index contributed by atoms with van der Waals surface area (Å²) in [6.45, 7) is 1.90. The fourth-order valence-electron chi connectivity index (χ4n) is 2.54. The number of aromatic nitrogens is 2. The number of anilines is 1. The number of amides is 1. The van der Waals surface area contributed by atoms with Crippen LogP contribution < -0.4 is 15.9 Å². The lowest BCUT2D eigenvalue weighted by molar-refractivity contribution is -0.163. The van der Waals surface area contributed by atoms with Gasteiger partial charge in [-0.1, -0.05) is 12.1 Å². The second-order valence-electron chi connectivity index (χ2n) is 5.74. The first-order valence-electron chi connectivity index (χ1n) is 8.07. The van der Waals surface area contributed by atoms with Gasteiger partial charge in [0, 0.05) is 29.5 Å². The Kier molecular flexibility index (Phi) is 5.21. The van der Waals surface area contributed by atoms with Gasteiger partial charge in [-0.2, -0.15) is 4.73 Å². The van der Waals surface area contributed by atoms with E-state index in [1.807, 2.05) is 6.92 Å². The van der Waals surface area contributed by atoms with Crippen molar-refractivity contribution in [3.8, 4) is 0 Å². The van der Waals surface area contributed by atoms with E-state index in [2.05, 4.69) is 20.8 Å². The summed E-state index contributed by atoms with van der Waals surface area (Å²) in [6, 6.07) is 9.27. The molecule has 144 valence electrons. The molecule has 10 heteroatoms. The lowest BCUT2D eigenvalue weighted by Crippen LogP contribution is -2.32. The lowest BCUT2D eigenvalue weighted by atomic mass is 10.1. The lowest BCUT2D eigenvalue weighted by Gasteiger charge is -2.16. The summed E-state index contributed by atoms with van der Waals surface area (Å²) < 4.78 is 18.0. The van der Waals surface area contributed by atoms with E-state index in [9.17, 15) is 18.8 Å². The van der Waals surface area contributed by atoms with Crippen LogP contribution in [0.5, 0.6) is 0 Å². The summed E-state index contributed by atoms with van der Waals surface area (Å²) in [5.74, 6) is -3.30. The Morgan fingerprint density at radius 3 is 2.54 bits per heavy atom. The molecule has 0 radical (unpaired) electrons. The second kappa shape index (κ2) is 7.74. The summed E-state index contributed by atoms with van der Waals surface area (Å²) in [5.41, 5.74) is 6.47. The molecule has 3 aromatic rings. The van der Waals surface area contributed by atoms with Crippen LogP contribution in [0.3, 0.4) is 0 Å². The van der Waals surface area contributed by atoms with Crippen LogP contribution in [-0.4, -0.2) is 27.7 Å². The van der Waals surface area contributed by atoms with Crippen molar-refractivity contribution in [1.82, 2.24) is 9.71 Å². The Bertz CT molecular complexity index is 1050. The number of pyridine rings is 1. The minimum absolute atomic E-state index is 0.150. The number of hydrogen-bond donors (Lipinski definition) is 2. The SMILES string of the molecule is CC(Nc1ccnc2c1ccn2OC(=O)C(=O)OC(N)=O)c1ccc(F)cc1. The highest BCUT2D eigenvalue weighted by Crippen LogP contribution is 2.26. The van der Waals surface area contributed by atoms with Gasteiger partial charge in [0.15, 0.2) is 5.65 Å². The van der Waals surface area contributed by atoms with E-state index in [1.54, 1.807) is 24.3 Å². The molecule has 0 saturated carbocycles. The van der Waals surface area contributed by atoms with E-state index in [1.165, 1.54) is 24.5 Å². The number of esters is 1. The van der Waals surface area contributed by atoms with E-state index in [4.69, 9.17) is 4.84 Å². The van der Waals surface area contributed by atoms with Crippen molar-refractivity contribution >= 4 is 34.8 Å². The monoisotopic (exact) mass is 386 g/mol. The number of benzene rings is 1. The van der Waals surface area contributed by atoms with Crippen molar-refractivity contribution < 1.29 is 28.3 Å². The number of hydrogen-bond acceptors (Lipinski definition) is 7. The molecule has 0 aliphatic carbocycles. The molecule has 0 aliphatic heterocycles. The van der Waals surface area contributed by atoms with Gasteiger partial charge >= 0.3 is 18.0 Å². The van der Waals surface area contributed by atoms with E-state index >= 15 is 0 Å². The Balaban J connectivity index is 1.81. The molecular formula is C18H15FN4O5. The van der Waals surface area contributed by atoms with Gasteiger partial charge in [-0.15, -0.1) is 0 Å². The molecule has 2 heterocycles. The first-order chi connectivity index (χ1) is 13.3. The van der Waals surface area contributed by atoms with Crippen LogP contribution in [0.25, 0.3) is 11.0 Å². The maximum absolute atomic E-state index is 13.1. The van der Waals surface area contributed by atoms with E-state index in [-0.39, 0.29) is 17.5 Å². The summed E-state index contributed by atoms with van der Waals surface area (Å²) in [5, 5.41) is 3.87. The maximum atomic E-state index is 13.1. The molecule has 1 aromatic carbocycles. The summed E-state index contributed by atoms with van der Waals surface area (Å²) in [6.07, 6.45) is 1.44. The second-order valence-corrected chi connectivity index (χ2v) is 5.74. The van der Waals surface area contributed by atoms with Crippen molar-refractivity contribution in [2.45, 2.75) is 13.0 Å². The van der Waals surface area contributed by atoms with Crippen LogP contribution in [0.2, 0.25) is 0 Å². The molecule has 0 saturated heterocycles. The Hall–Kier alpha value is -3.95. The number of primary amides is 1. The number of carbonyl (C=O) groups is 3. The van der Waals surface area contributed by atoms with Crippen molar-refractivity contribution in [2.24, 2.45) is 5.73 Å². The molecule has 2 aromatic heterocycles. The van der Waals surface area contributed by atoms with Crippen LogP contribution in [0.15, 0.2) is 48.8 Å². The molecule has 28 heavy (non-hydrogen) atoms. The fraction of sp³-hybridized carbons (Fsp3) is 0.111. The predicted molar refractivity (Wildman–Crippen MR) is 95.4 cm³/mol. The third-order valence-electron chi connectivity index (χ3n) is 3.84. The Labute approximate surface area is 157 Å². The third kappa shape index (κ3) is 4.06. The largest absolute Gasteiger partial charge is 0.442 e. The van der Waals surface area contributed by atoms with Crippen LogP contribution in [0.4, 0.5) is 14.9 Å². The van der Waals surface area contributed by atoms with Gasteiger partial charge in [0.05, 0.1) is 0 Å². The molecule has 0 aliphatic rings. The average molecular weight is 386 g/mol. The first kappa shape index (κ1) is 18.8. The zero-order valence-electron chi connectivity index (χ0n) is 14.6. The summed E-state index contributed by atoms with van der Waals surface area (Å²) in [7, 11) is 0. The van der Waals surface area contributed by atoms with Gasteiger partial charge in [-0.05, 0) is 36.8 Å². The quantitative estimate of drug-likeness (QED) is 0.399. The number of fused-ring (bicyclic) bond motifs is 1.